The van der Waals surface area contributed by atoms with Gasteiger partial charge in [-0.2, -0.15) is 0 Å². The molecule has 3 aromatic rings. The highest BCUT2D eigenvalue weighted by molar-refractivity contribution is 7.13. The van der Waals surface area contributed by atoms with Crippen LogP contribution in [0.5, 0.6) is 0 Å². The van der Waals surface area contributed by atoms with Crippen LogP contribution in [0.15, 0.2) is 53.9 Å². The minimum atomic E-state index is -0.208. The van der Waals surface area contributed by atoms with Gasteiger partial charge in [0.15, 0.2) is 0 Å². The maximum absolute atomic E-state index is 12.5. The second kappa shape index (κ2) is 10.1. The third-order valence-corrected chi connectivity index (χ3v) is 6.37. The first-order valence-corrected chi connectivity index (χ1v) is 11.9. The summed E-state index contributed by atoms with van der Waals surface area (Å²) in [6, 6.07) is 16.1. The monoisotopic (exact) mass is 450 g/mol. The average molecular weight is 451 g/mol. The largest absolute Gasteiger partial charge is 0.372 e. The molecule has 0 saturated carbocycles. The molecule has 1 aliphatic heterocycles. The number of hydrogen-bond donors (Lipinski definition) is 2. The Labute approximate surface area is 193 Å². The summed E-state index contributed by atoms with van der Waals surface area (Å²) in [5.74, 6) is 0. The zero-order chi connectivity index (χ0) is 22.5. The number of amides is 2. The molecular formula is C25H30N4O2S. The Morgan fingerprint density at radius 3 is 2.59 bits per heavy atom. The first-order valence-electron chi connectivity index (χ1n) is 11.0. The minimum absolute atomic E-state index is 0.156. The highest BCUT2D eigenvalue weighted by Crippen LogP contribution is 2.28. The molecule has 2 N–H and O–H groups in total. The highest BCUT2D eigenvalue weighted by atomic mass is 32.1. The molecule has 0 bridgehead atoms. The Morgan fingerprint density at radius 1 is 1.12 bits per heavy atom. The number of urea groups is 1. The zero-order valence-electron chi connectivity index (χ0n) is 18.8. The van der Waals surface area contributed by atoms with E-state index in [-0.39, 0.29) is 18.2 Å². The molecule has 2 aromatic carbocycles. The van der Waals surface area contributed by atoms with Gasteiger partial charge in [-0.3, -0.25) is 0 Å². The number of nitrogens with zero attached hydrogens (tertiary/aromatic N) is 2. The Hall–Kier alpha value is -2.90. The van der Waals surface area contributed by atoms with E-state index in [2.05, 4.69) is 66.0 Å². The van der Waals surface area contributed by atoms with E-state index in [4.69, 9.17) is 9.72 Å². The zero-order valence-corrected chi connectivity index (χ0v) is 19.6. The fourth-order valence-corrected chi connectivity index (χ4v) is 4.81. The summed E-state index contributed by atoms with van der Waals surface area (Å²) in [5.41, 5.74) is 5.18. The molecule has 6 nitrogen and oxygen atoms in total. The predicted octanol–water partition coefficient (Wildman–Crippen LogP) is 5.10. The first kappa shape index (κ1) is 22.3. The number of carbonyl (C=O) groups is 1. The Bertz CT molecular complexity index is 1040. The van der Waals surface area contributed by atoms with Crippen LogP contribution < -0.4 is 15.5 Å². The van der Waals surface area contributed by atoms with E-state index in [9.17, 15) is 4.79 Å². The van der Waals surface area contributed by atoms with E-state index in [0.717, 1.165) is 40.7 Å². The van der Waals surface area contributed by atoms with Crippen molar-refractivity contribution in [2.75, 3.05) is 29.9 Å². The van der Waals surface area contributed by atoms with E-state index in [0.29, 0.717) is 13.0 Å². The molecule has 1 aromatic heterocycles. The molecule has 0 spiro atoms. The lowest BCUT2D eigenvalue weighted by Gasteiger charge is -2.37. The molecule has 2 unspecified atom stereocenters. The molecule has 1 fully saturated rings. The third kappa shape index (κ3) is 5.66. The second-order valence-corrected chi connectivity index (χ2v) is 9.18. The lowest BCUT2D eigenvalue weighted by atomic mass is 10.1. The van der Waals surface area contributed by atoms with Gasteiger partial charge in [-0.05, 0) is 32.9 Å². The number of aryl methyl sites for hydroxylation is 1. The van der Waals surface area contributed by atoms with Crippen molar-refractivity contribution in [2.24, 2.45) is 0 Å². The van der Waals surface area contributed by atoms with Gasteiger partial charge in [0, 0.05) is 37.0 Å². The average Bonchev–Trinajstić information content (AvgIpc) is 3.23. The predicted molar refractivity (Wildman–Crippen MR) is 132 cm³/mol. The van der Waals surface area contributed by atoms with Crippen LogP contribution in [-0.2, 0) is 11.2 Å². The second-order valence-electron chi connectivity index (χ2n) is 8.32. The van der Waals surface area contributed by atoms with Crippen LogP contribution in [0.1, 0.15) is 25.1 Å². The Kier molecular flexibility index (Phi) is 7.07. The number of anilines is 2. The van der Waals surface area contributed by atoms with Gasteiger partial charge in [0.2, 0.25) is 0 Å². The van der Waals surface area contributed by atoms with Crippen molar-refractivity contribution in [3.05, 3.63) is 65.2 Å². The van der Waals surface area contributed by atoms with Gasteiger partial charge >= 0.3 is 6.03 Å². The van der Waals surface area contributed by atoms with E-state index in [1.54, 1.807) is 11.3 Å². The number of thiazole rings is 1. The number of morpholine rings is 1. The van der Waals surface area contributed by atoms with Crippen molar-refractivity contribution >= 4 is 28.7 Å². The van der Waals surface area contributed by atoms with E-state index in [1.807, 2.05) is 24.3 Å². The molecule has 4 rings (SSSR count). The van der Waals surface area contributed by atoms with Crippen molar-refractivity contribution in [3.8, 4) is 10.6 Å². The molecule has 32 heavy (non-hydrogen) atoms. The molecule has 1 saturated heterocycles. The minimum Gasteiger partial charge on any atom is -0.372 e. The summed E-state index contributed by atoms with van der Waals surface area (Å²) < 4.78 is 5.84. The molecule has 2 heterocycles. The lowest BCUT2D eigenvalue weighted by Crippen LogP contribution is -2.45. The SMILES string of the molecule is Cc1ccc(-c2nc(CCNC(=O)Nc3ccccc3N3CC(C)OC(C)C3)cs2)cc1. The summed E-state index contributed by atoms with van der Waals surface area (Å²) in [5, 5.41) is 9.03. The van der Waals surface area contributed by atoms with Gasteiger partial charge < -0.3 is 20.3 Å². The molecule has 2 atom stereocenters. The quantitative estimate of drug-likeness (QED) is 0.549. The number of carbonyl (C=O) groups excluding carboxylic acids is 1. The van der Waals surface area contributed by atoms with Crippen LogP contribution in [0.3, 0.4) is 0 Å². The normalized spacial score (nSPS) is 18.4. The maximum Gasteiger partial charge on any atom is 0.319 e. The number of ether oxygens (including phenoxy) is 1. The van der Waals surface area contributed by atoms with Crippen molar-refractivity contribution in [1.82, 2.24) is 10.3 Å². The fraction of sp³-hybridized carbons (Fsp3) is 0.360. The van der Waals surface area contributed by atoms with Crippen LogP contribution in [0.2, 0.25) is 0 Å². The van der Waals surface area contributed by atoms with E-state index >= 15 is 0 Å². The lowest BCUT2D eigenvalue weighted by molar-refractivity contribution is -0.00517. The Morgan fingerprint density at radius 2 is 1.84 bits per heavy atom. The van der Waals surface area contributed by atoms with Gasteiger partial charge in [-0.15, -0.1) is 11.3 Å². The highest BCUT2D eigenvalue weighted by Gasteiger charge is 2.24. The van der Waals surface area contributed by atoms with Crippen molar-refractivity contribution in [2.45, 2.75) is 39.4 Å². The van der Waals surface area contributed by atoms with Crippen LogP contribution in [0, 0.1) is 6.92 Å². The molecule has 2 amide bonds. The van der Waals surface area contributed by atoms with E-state index in [1.165, 1.54) is 5.56 Å². The maximum atomic E-state index is 12.5. The molecule has 0 aliphatic carbocycles. The molecule has 0 radical (unpaired) electrons. The number of rotatable bonds is 6. The molecule has 7 heteroatoms. The van der Waals surface area contributed by atoms with Crippen molar-refractivity contribution in [1.29, 1.82) is 0 Å². The molecule has 168 valence electrons. The van der Waals surface area contributed by atoms with Crippen LogP contribution >= 0.6 is 11.3 Å². The number of aromatic nitrogens is 1. The third-order valence-electron chi connectivity index (χ3n) is 5.43. The fourth-order valence-electron chi connectivity index (χ4n) is 3.95. The number of benzene rings is 2. The van der Waals surface area contributed by atoms with Crippen molar-refractivity contribution < 1.29 is 9.53 Å². The summed E-state index contributed by atoms with van der Waals surface area (Å²) in [7, 11) is 0. The number of hydrogen-bond acceptors (Lipinski definition) is 5. The summed E-state index contributed by atoms with van der Waals surface area (Å²) >= 11 is 1.63. The first-order chi connectivity index (χ1) is 15.5. The van der Waals surface area contributed by atoms with Crippen molar-refractivity contribution in [3.63, 3.8) is 0 Å². The number of para-hydroxylation sites is 2. The summed E-state index contributed by atoms with van der Waals surface area (Å²) in [4.78, 5) is 19.5. The topological polar surface area (TPSA) is 66.5 Å². The molecule has 1 aliphatic rings. The Balaban J connectivity index is 1.31. The van der Waals surface area contributed by atoms with Crippen LogP contribution in [0.4, 0.5) is 16.2 Å². The standard InChI is InChI=1S/C25H30N4O2S/c1-17-8-10-20(11-9-17)24-27-21(16-32-24)12-13-26-25(30)28-22-6-4-5-7-23(22)29-14-18(2)31-19(3)15-29/h4-11,16,18-19H,12-15H2,1-3H3,(H2,26,28,30). The van der Waals surface area contributed by atoms with Gasteiger partial charge in [-0.1, -0.05) is 42.0 Å². The smallest absolute Gasteiger partial charge is 0.319 e. The van der Waals surface area contributed by atoms with Gasteiger partial charge in [0.05, 0.1) is 29.3 Å². The summed E-state index contributed by atoms with van der Waals surface area (Å²) in [6.07, 6.45) is 1.00. The van der Waals surface area contributed by atoms with Crippen LogP contribution in [-0.4, -0.2) is 42.9 Å². The molecular weight excluding hydrogens is 420 g/mol. The van der Waals surface area contributed by atoms with E-state index < -0.39 is 0 Å². The van der Waals surface area contributed by atoms with Gasteiger partial charge in [-0.25, -0.2) is 9.78 Å². The number of nitrogens with one attached hydrogen (secondary N) is 2. The summed E-state index contributed by atoms with van der Waals surface area (Å²) in [6.45, 7) is 8.36. The van der Waals surface area contributed by atoms with Gasteiger partial charge in [0.1, 0.15) is 5.01 Å². The van der Waals surface area contributed by atoms with Gasteiger partial charge in [0.25, 0.3) is 0 Å². The van der Waals surface area contributed by atoms with Crippen LogP contribution in [0.25, 0.3) is 10.6 Å².